The summed E-state index contributed by atoms with van der Waals surface area (Å²) in [4.78, 5) is 29.0. The molecule has 0 saturated carbocycles. The molecule has 2 rings (SSSR count). The second kappa shape index (κ2) is 8.23. The Morgan fingerprint density at radius 3 is 2.48 bits per heavy atom. The zero-order valence-corrected chi connectivity index (χ0v) is 16.7. The lowest BCUT2D eigenvalue weighted by atomic mass is 9.86. The average molecular weight is 364 g/mol. The van der Waals surface area contributed by atoms with Crippen LogP contribution < -0.4 is 5.32 Å². The van der Waals surface area contributed by atoms with E-state index in [4.69, 9.17) is 0 Å². The molecule has 1 N–H and O–H groups in total. The van der Waals surface area contributed by atoms with Crippen LogP contribution in [0.15, 0.2) is 24.3 Å². The van der Waals surface area contributed by atoms with Crippen molar-refractivity contribution in [1.29, 1.82) is 0 Å². The second-order valence-electron chi connectivity index (χ2n) is 7.48. The molecule has 1 aromatic carbocycles. The van der Waals surface area contributed by atoms with E-state index in [-0.39, 0.29) is 23.3 Å². The number of nitrogens with zero attached hydrogens (tertiary/aromatic N) is 2. The minimum atomic E-state index is -0.373. The van der Waals surface area contributed by atoms with E-state index in [0.29, 0.717) is 23.7 Å². The fourth-order valence-corrected chi connectivity index (χ4v) is 3.92. The van der Waals surface area contributed by atoms with Crippen LogP contribution in [0.25, 0.3) is 0 Å². The smallest absolute Gasteiger partial charge is 0.255 e. The quantitative estimate of drug-likeness (QED) is 0.871. The van der Waals surface area contributed by atoms with Gasteiger partial charge in [-0.05, 0) is 30.2 Å². The predicted molar refractivity (Wildman–Crippen MR) is 104 cm³/mol. The Morgan fingerprint density at radius 2 is 1.92 bits per heavy atom. The molecule has 0 spiro atoms. The normalized spacial score (nSPS) is 17.6. The van der Waals surface area contributed by atoms with Crippen molar-refractivity contribution in [3.8, 4) is 0 Å². The van der Waals surface area contributed by atoms with E-state index in [0.717, 1.165) is 6.54 Å². The van der Waals surface area contributed by atoms with Crippen LogP contribution in [0.3, 0.4) is 0 Å². The van der Waals surface area contributed by atoms with Crippen LogP contribution in [-0.2, 0) is 10.2 Å². The molecule has 5 nitrogen and oxygen atoms in total. The van der Waals surface area contributed by atoms with Crippen molar-refractivity contribution >= 4 is 23.6 Å². The topological polar surface area (TPSA) is 52.7 Å². The minimum absolute atomic E-state index is 0.0138. The molecule has 1 unspecified atom stereocenters. The van der Waals surface area contributed by atoms with Gasteiger partial charge in [0.2, 0.25) is 5.91 Å². The Labute approximate surface area is 155 Å². The highest BCUT2D eigenvalue weighted by Gasteiger charge is 2.36. The predicted octanol–water partition coefficient (Wildman–Crippen LogP) is 2.18. The third-order valence-corrected chi connectivity index (χ3v) is 5.51. The maximum Gasteiger partial charge on any atom is 0.255 e. The zero-order chi connectivity index (χ0) is 18.6. The van der Waals surface area contributed by atoms with Gasteiger partial charge in [-0.1, -0.05) is 32.9 Å². The molecule has 1 atom stereocenters. The van der Waals surface area contributed by atoms with Gasteiger partial charge < -0.3 is 15.1 Å². The van der Waals surface area contributed by atoms with Crippen molar-refractivity contribution in [1.82, 2.24) is 15.1 Å². The first kappa shape index (κ1) is 19.8. The number of benzene rings is 1. The standard InChI is InChI=1S/C19H29N3O2S/c1-19(2,3)15-8-6-14(7-9-15)17(23)22-13-25-12-16(22)18(24)21(5)11-10-20-4/h6-9,16,20H,10-13H2,1-5H3. The molecule has 25 heavy (non-hydrogen) atoms. The van der Waals surface area contributed by atoms with Crippen molar-refractivity contribution < 1.29 is 9.59 Å². The first-order chi connectivity index (χ1) is 11.8. The third-order valence-electron chi connectivity index (χ3n) is 4.50. The van der Waals surface area contributed by atoms with Crippen LogP contribution in [0.4, 0.5) is 0 Å². The Hall–Kier alpha value is -1.53. The Balaban J connectivity index is 2.11. The van der Waals surface area contributed by atoms with Gasteiger partial charge in [-0.3, -0.25) is 9.59 Å². The molecule has 0 radical (unpaired) electrons. The van der Waals surface area contributed by atoms with Gasteiger partial charge in [-0.2, -0.15) is 0 Å². The number of likely N-dealkylation sites (N-methyl/N-ethyl adjacent to an activating group) is 2. The summed E-state index contributed by atoms with van der Waals surface area (Å²) in [5.74, 6) is 1.18. The molecule has 1 aromatic rings. The van der Waals surface area contributed by atoms with E-state index in [1.807, 2.05) is 31.3 Å². The van der Waals surface area contributed by atoms with E-state index in [9.17, 15) is 9.59 Å². The van der Waals surface area contributed by atoms with E-state index < -0.39 is 0 Å². The molecular weight excluding hydrogens is 334 g/mol. The number of carbonyl (C=O) groups excluding carboxylic acids is 2. The van der Waals surface area contributed by atoms with Gasteiger partial charge in [0.25, 0.3) is 5.91 Å². The Kier molecular flexibility index (Phi) is 6.52. The molecule has 1 aliphatic heterocycles. The van der Waals surface area contributed by atoms with Gasteiger partial charge in [0.1, 0.15) is 6.04 Å². The highest BCUT2D eigenvalue weighted by atomic mass is 32.2. The summed E-state index contributed by atoms with van der Waals surface area (Å²) in [5.41, 5.74) is 1.89. The van der Waals surface area contributed by atoms with Crippen molar-refractivity contribution in [3.05, 3.63) is 35.4 Å². The summed E-state index contributed by atoms with van der Waals surface area (Å²) < 4.78 is 0. The SMILES string of the molecule is CNCCN(C)C(=O)C1CSCN1C(=O)c1ccc(C(C)(C)C)cc1. The molecule has 1 heterocycles. The Morgan fingerprint density at radius 1 is 1.28 bits per heavy atom. The lowest BCUT2D eigenvalue weighted by Crippen LogP contribution is -2.48. The number of thioether (sulfide) groups is 1. The van der Waals surface area contributed by atoms with Crippen LogP contribution in [0, 0.1) is 0 Å². The van der Waals surface area contributed by atoms with Crippen LogP contribution in [-0.4, -0.2) is 66.5 Å². The van der Waals surface area contributed by atoms with E-state index in [1.54, 1.807) is 28.6 Å². The van der Waals surface area contributed by atoms with Gasteiger partial charge in [0, 0.05) is 31.5 Å². The van der Waals surface area contributed by atoms with Crippen molar-refractivity contribution in [2.24, 2.45) is 0 Å². The fourth-order valence-electron chi connectivity index (χ4n) is 2.77. The number of carbonyl (C=O) groups is 2. The molecule has 0 aliphatic carbocycles. The number of nitrogens with one attached hydrogen (secondary N) is 1. The number of amides is 2. The fraction of sp³-hybridized carbons (Fsp3) is 0.579. The van der Waals surface area contributed by atoms with Crippen LogP contribution in [0.5, 0.6) is 0 Å². The number of hydrogen-bond acceptors (Lipinski definition) is 4. The highest BCUT2D eigenvalue weighted by molar-refractivity contribution is 7.99. The van der Waals surface area contributed by atoms with Crippen molar-refractivity contribution in [2.45, 2.75) is 32.2 Å². The van der Waals surface area contributed by atoms with Crippen LogP contribution >= 0.6 is 11.8 Å². The summed E-state index contributed by atoms with van der Waals surface area (Å²) >= 11 is 1.63. The molecule has 0 aromatic heterocycles. The van der Waals surface area contributed by atoms with Gasteiger partial charge in [0.15, 0.2) is 0 Å². The van der Waals surface area contributed by atoms with Gasteiger partial charge in [-0.25, -0.2) is 0 Å². The molecule has 2 amide bonds. The molecular formula is C19H29N3O2S. The van der Waals surface area contributed by atoms with Crippen molar-refractivity contribution in [3.63, 3.8) is 0 Å². The first-order valence-corrected chi connectivity index (χ1v) is 9.80. The summed E-state index contributed by atoms with van der Waals surface area (Å²) in [5, 5.41) is 3.04. The van der Waals surface area contributed by atoms with Gasteiger partial charge in [-0.15, -0.1) is 11.8 Å². The average Bonchev–Trinajstić information content (AvgIpc) is 3.07. The highest BCUT2D eigenvalue weighted by Crippen LogP contribution is 2.26. The number of rotatable bonds is 5. The van der Waals surface area contributed by atoms with Crippen LogP contribution in [0.1, 0.15) is 36.7 Å². The summed E-state index contributed by atoms with van der Waals surface area (Å²) in [7, 11) is 3.66. The minimum Gasteiger partial charge on any atom is -0.343 e. The van der Waals surface area contributed by atoms with E-state index in [1.165, 1.54) is 5.56 Å². The first-order valence-electron chi connectivity index (χ1n) is 8.64. The molecule has 138 valence electrons. The largest absolute Gasteiger partial charge is 0.343 e. The van der Waals surface area contributed by atoms with E-state index in [2.05, 4.69) is 26.1 Å². The van der Waals surface area contributed by atoms with Crippen LogP contribution in [0.2, 0.25) is 0 Å². The maximum absolute atomic E-state index is 12.9. The lowest BCUT2D eigenvalue weighted by molar-refractivity contribution is -0.133. The zero-order valence-electron chi connectivity index (χ0n) is 15.8. The molecule has 1 saturated heterocycles. The maximum atomic E-state index is 12.9. The molecule has 0 bridgehead atoms. The Bertz CT molecular complexity index is 610. The van der Waals surface area contributed by atoms with Crippen molar-refractivity contribution in [2.75, 3.05) is 38.8 Å². The lowest BCUT2D eigenvalue weighted by Gasteiger charge is -2.27. The summed E-state index contributed by atoms with van der Waals surface area (Å²) in [6, 6.07) is 7.39. The monoisotopic (exact) mass is 363 g/mol. The summed E-state index contributed by atoms with van der Waals surface area (Å²) in [6.07, 6.45) is 0. The molecule has 1 aliphatic rings. The molecule has 6 heteroatoms. The summed E-state index contributed by atoms with van der Waals surface area (Å²) in [6.45, 7) is 7.83. The van der Waals surface area contributed by atoms with Gasteiger partial charge >= 0.3 is 0 Å². The van der Waals surface area contributed by atoms with E-state index >= 15 is 0 Å². The van der Waals surface area contributed by atoms with Gasteiger partial charge in [0.05, 0.1) is 5.88 Å². The number of hydrogen-bond donors (Lipinski definition) is 1. The third kappa shape index (κ3) is 4.76. The molecule has 1 fully saturated rings. The second-order valence-corrected chi connectivity index (χ2v) is 8.48.